The summed E-state index contributed by atoms with van der Waals surface area (Å²) in [7, 11) is 0. The molecule has 0 unspecified atom stereocenters. The van der Waals surface area contributed by atoms with Crippen LogP contribution in [0.15, 0.2) is 11.8 Å². The van der Waals surface area contributed by atoms with Crippen LogP contribution in [0.1, 0.15) is 20.8 Å². The third-order valence-electron chi connectivity index (χ3n) is 0.407. The van der Waals surface area contributed by atoms with Gasteiger partial charge in [-0.3, -0.25) is 4.79 Å². The smallest absolute Gasteiger partial charge is 0.876 e. The maximum absolute atomic E-state index is 9.98. The fraction of sp³-hybridized carbons (Fsp3) is 0.429. The van der Waals surface area contributed by atoms with Crippen LogP contribution in [0.4, 0.5) is 0 Å². The average Bonchev–Trinajstić information content (AvgIpc) is 1.68. The minimum atomic E-state index is -0.187. The van der Waals surface area contributed by atoms with E-state index in [1.807, 2.05) is 0 Å². The van der Waals surface area contributed by atoms with E-state index in [2.05, 4.69) is 6.92 Å². The molecule has 0 fully saturated rings. The summed E-state index contributed by atoms with van der Waals surface area (Å²) < 4.78 is 0. The standard InChI is InChI=1S/C5H8O2.C2H5.Cu/c1-4(6)3-5(2)7;1-2;/h3,6H,1-2H3;1H2,2H3;/q;-1;+2/p-1/b4-3-;;. The van der Waals surface area contributed by atoms with E-state index in [-0.39, 0.29) is 28.6 Å². The summed E-state index contributed by atoms with van der Waals surface area (Å²) in [6.07, 6.45) is 1.06. The second-order valence-corrected chi connectivity index (χ2v) is 1.37. The molecule has 0 saturated carbocycles. The van der Waals surface area contributed by atoms with Gasteiger partial charge in [-0.25, -0.2) is 0 Å². The Morgan fingerprint density at radius 2 is 1.70 bits per heavy atom. The normalized spacial score (nSPS) is 8.60. The van der Waals surface area contributed by atoms with Crippen LogP contribution in [0.25, 0.3) is 0 Å². The van der Waals surface area contributed by atoms with Crippen LogP contribution in [-0.2, 0) is 21.9 Å². The van der Waals surface area contributed by atoms with Crippen molar-refractivity contribution in [2.45, 2.75) is 20.8 Å². The summed E-state index contributed by atoms with van der Waals surface area (Å²) in [5.74, 6) is -0.375. The van der Waals surface area contributed by atoms with Gasteiger partial charge in [0.2, 0.25) is 0 Å². The third kappa shape index (κ3) is 25.2. The van der Waals surface area contributed by atoms with Crippen molar-refractivity contribution in [3.8, 4) is 0 Å². The van der Waals surface area contributed by atoms with Gasteiger partial charge < -0.3 is 12.0 Å². The van der Waals surface area contributed by atoms with Gasteiger partial charge in [0.1, 0.15) is 0 Å². The molecule has 63 valence electrons. The molecule has 0 aliphatic carbocycles. The molecule has 1 radical (unpaired) electrons. The van der Waals surface area contributed by atoms with Crippen molar-refractivity contribution in [2.24, 2.45) is 0 Å². The number of hydrogen-bond donors (Lipinski definition) is 0. The Hall–Kier alpha value is -0.271. The molecule has 0 spiro atoms. The number of rotatable bonds is 1. The molecule has 3 heteroatoms. The topological polar surface area (TPSA) is 40.1 Å². The Labute approximate surface area is 72.8 Å². The van der Waals surface area contributed by atoms with Gasteiger partial charge in [0.15, 0.2) is 5.78 Å². The van der Waals surface area contributed by atoms with Gasteiger partial charge in [0.05, 0.1) is 0 Å². The number of carbonyl (C=O) groups is 1. The van der Waals surface area contributed by atoms with Crippen LogP contribution in [-0.4, -0.2) is 5.78 Å². The second-order valence-electron chi connectivity index (χ2n) is 1.37. The van der Waals surface area contributed by atoms with Gasteiger partial charge in [0, 0.05) is 0 Å². The Kier molecular flexibility index (Phi) is 18.9. The molecule has 0 bridgehead atoms. The molecule has 0 aliphatic rings. The second kappa shape index (κ2) is 11.5. The zero-order chi connectivity index (χ0) is 7.86. The van der Waals surface area contributed by atoms with Crippen molar-refractivity contribution in [3.05, 3.63) is 18.8 Å². The van der Waals surface area contributed by atoms with Crippen molar-refractivity contribution in [2.75, 3.05) is 0 Å². The quantitative estimate of drug-likeness (QED) is 0.265. The Morgan fingerprint density at radius 3 is 1.70 bits per heavy atom. The largest absolute Gasteiger partial charge is 2.00 e. The van der Waals surface area contributed by atoms with E-state index in [1.165, 1.54) is 13.8 Å². The zero-order valence-corrected chi connectivity index (χ0v) is 7.34. The average molecular weight is 192 g/mol. The number of hydrogen-bond acceptors (Lipinski definition) is 2. The maximum Gasteiger partial charge on any atom is 2.00 e. The van der Waals surface area contributed by atoms with Crippen molar-refractivity contribution >= 4 is 5.78 Å². The molecule has 2 nitrogen and oxygen atoms in total. The summed E-state index contributed by atoms with van der Waals surface area (Å²) in [4.78, 5) is 9.98. The van der Waals surface area contributed by atoms with Gasteiger partial charge in [-0.1, -0.05) is 6.92 Å². The SMILES string of the molecule is CC(=O)/C=C(/C)[O-].[CH2-]C.[Cu+2]. The summed E-state index contributed by atoms with van der Waals surface area (Å²) in [6.45, 7) is 7.70. The Bertz CT molecular complexity index is 104. The predicted octanol–water partition coefficient (Wildman–Crippen LogP) is 0.677. The fourth-order valence-electron chi connectivity index (χ4n) is 0.286. The van der Waals surface area contributed by atoms with Crippen LogP contribution in [0, 0.1) is 6.92 Å². The van der Waals surface area contributed by atoms with E-state index in [4.69, 9.17) is 0 Å². The maximum atomic E-state index is 9.98. The summed E-state index contributed by atoms with van der Waals surface area (Å²) in [5.41, 5.74) is 0. The molecule has 0 N–H and O–H groups in total. The summed E-state index contributed by atoms with van der Waals surface area (Å²) >= 11 is 0. The fourth-order valence-corrected chi connectivity index (χ4v) is 0.286. The summed E-state index contributed by atoms with van der Waals surface area (Å²) in [6, 6.07) is 0. The Balaban J connectivity index is -0.000000149. The molecule has 0 amide bonds. The van der Waals surface area contributed by atoms with Gasteiger partial charge >= 0.3 is 17.1 Å². The minimum absolute atomic E-state index is 0. The molecule has 0 aliphatic heterocycles. The van der Waals surface area contributed by atoms with E-state index in [9.17, 15) is 9.90 Å². The third-order valence-corrected chi connectivity index (χ3v) is 0.407. The van der Waals surface area contributed by atoms with Crippen LogP contribution < -0.4 is 5.11 Å². The minimum Gasteiger partial charge on any atom is -0.876 e. The van der Waals surface area contributed by atoms with Gasteiger partial charge in [-0.05, 0) is 13.0 Å². The first-order valence-electron chi connectivity index (χ1n) is 2.69. The molecular formula is C7H12CuO2. The molecular weight excluding hydrogens is 180 g/mol. The van der Waals surface area contributed by atoms with Crippen molar-refractivity contribution in [3.63, 3.8) is 0 Å². The predicted molar refractivity (Wildman–Crippen MR) is 35.5 cm³/mol. The number of carbonyl (C=O) groups excluding carboxylic acids is 1. The van der Waals surface area contributed by atoms with Gasteiger partial charge in [-0.15, -0.1) is 5.76 Å². The van der Waals surface area contributed by atoms with Gasteiger partial charge in [0.25, 0.3) is 0 Å². The van der Waals surface area contributed by atoms with Crippen molar-refractivity contribution < 1.29 is 27.0 Å². The zero-order valence-electron chi connectivity index (χ0n) is 6.40. The van der Waals surface area contributed by atoms with Crippen LogP contribution in [0.3, 0.4) is 0 Å². The molecule has 10 heavy (non-hydrogen) atoms. The first-order chi connectivity index (χ1) is 4.13. The molecule has 0 aromatic rings. The van der Waals surface area contributed by atoms with E-state index >= 15 is 0 Å². The van der Waals surface area contributed by atoms with Crippen molar-refractivity contribution in [1.82, 2.24) is 0 Å². The molecule has 0 atom stereocenters. The van der Waals surface area contributed by atoms with Crippen LogP contribution >= 0.6 is 0 Å². The van der Waals surface area contributed by atoms with Crippen LogP contribution in [0.5, 0.6) is 0 Å². The first-order valence-corrected chi connectivity index (χ1v) is 2.69. The van der Waals surface area contributed by atoms with E-state index in [0.717, 1.165) is 6.08 Å². The number of ketones is 1. The molecule has 0 aromatic heterocycles. The van der Waals surface area contributed by atoms with Gasteiger partial charge in [-0.2, -0.15) is 6.92 Å². The molecule has 0 heterocycles. The first kappa shape index (κ1) is 16.4. The van der Waals surface area contributed by atoms with Crippen molar-refractivity contribution in [1.29, 1.82) is 0 Å². The monoisotopic (exact) mass is 191 g/mol. The van der Waals surface area contributed by atoms with Crippen LogP contribution in [0.2, 0.25) is 0 Å². The molecule has 0 rings (SSSR count). The Morgan fingerprint density at radius 1 is 1.40 bits per heavy atom. The summed E-state index contributed by atoms with van der Waals surface area (Å²) in [5, 5.41) is 9.98. The van der Waals surface area contributed by atoms with E-state index in [0.29, 0.717) is 0 Å². The number of allylic oxidation sites excluding steroid dienone is 2. The van der Waals surface area contributed by atoms with E-state index in [1.54, 1.807) is 6.92 Å². The molecule has 0 aromatic carbocycles. The van der Waals surface area contributed by atoms with E-state index < -0.39 is 0 Å². The molecule has 0 saturated heterocycles.